The van der Waals surface area contributed by atoms with E-state index in [1.54, 1.807) is 56.3 Å². The maximum atomic E-state index is 14.6. The first-order valence-electron chi connectivity index (χ1n) is 21.1. The van der Waals surface area contributed by atoms with Crippen LogP contribution in [0, 0.1) is 0 Å². The van der Waals surface area contributed by atoms with Gasteiger partial charge in [-0.25, -0.2) is 14.4 Å². The summed E-state index contributed by atoms with van der Waals surface area (Å²) in [6.07, 6.45) is 14.8. The molecule has 2 N–H and O–H groups in total. The summed E-state index contributed by atoms with van der Waals surface area (Å²) in [6.45, 7) is 6.10. The number of carboxylic acids is 1. The number of unbranched alkanes of at least 4 members (excludes halogenated alkanes) is 13. The van der Waals surface area contributed by atoms with Crippen molar-refractivity contribution in [2.24, 2.45) is 14.1 Å². The van der Waals surface area contributed by atoms with Gasteiger partial charge in [-0.2, -0.15) is 0 Å². The summed E-state index contributed by atoms with van der Waals surface area (Å²) < 4.78 is 20.0. The molecule has 4 rings (SSSR count). The van der Waals surface area contributed by atoms with E-state index in [2.05, 4.69) is 12.2 Å². The van der Waals surface area contributed by atoms with Crippen LogP contribution in [0.25, 0.3) is 11.3 Å². The number of anilines is 1. The Morgan fingerprint density at radius 2 is 1.31 bits per heavy atom. The molecule has 318 valence electrons. The molecular formula is C47H61N3O9. The first-order valence-corrected chi connectivity index (χ1v) is 21.1. The first kappa shape index (κ1) is 46.0. The molecule has 0 saturated carbocycles. The van der Waals surface area contributed by atoms with E-state index in [0.29, 0.717) is 5.56 Å². The maximum Gasteiger partial charge on any atom is 0.338 e. The maximum absolute atomic E-state index is 14.6. The Morgan fingerprint density at radius 3 is 1.90 bits per heavy atom. The van der Waals surface area contributed by atoms with Crippen molar-refractivity contribution < 1.29 is 38.5 Å². The van der Waals surface area contributed by atoms with Gasteiger partial charge in [0, 0.05) is 19.7 Å². The second kappa shape index (κ2) is 23.7. The second-order valence-corrected chi connectivity index (χ2v) is 15.3. The van der Waals surface area contributed by atoms with Gasteiger partial charge < -0.3 is 24.6 Å². The Labute approximate surface area is 347 Å². The van der Waals surface area contributed by atoms with Gasteiger partial charge in [-0.05, 0) is 56.7 Å². The highest BCUT2D eigenvalue weighted by Gasteiger charge is 2.36. The van der Waals surface area contributed by atoms with Crippen molar-refractivity contribution in [2.45, 2.75) is 123 Å². The lowest BCUT2D eigenvalue weighted by Crippen LogP contribution is -2.41. The zero-order valence-electron chi connectivity index (χ0n) is 35.3. The Hall–Kier alpha value is -5.65. The predicted molar refractivity (Wildman–Crippen MR) is 230 cm³/mol. The number of carboxylic acid groups (broad SMARTS) is 1. The molecule has 0 aliphatic rings. The molecule has 12 heteroatoms. The van der Waals surface area contributed by atoms with Crippen molar-refractivity contribution in [2.75, 3.05) is 11.9 Å². The number of benzene rings is 3. The number of amides is 1. The average molecular weight is 812 g/mol. The highest BCUT2D eigenvalue weighted by Crippen LogP contribution is 2.30. The quantitative estimate of drug-likeness (QED) is 0.0273. The van der Waals surface area contributed by atoms with E-state index in [4.69, 9.17) is 14.2 Å². The molecule has 0 spiro atoms. The number of ketones is 1. The van der Waals surface area contributed by atoms with E-state index in [1.807, 2.05) is 0 Å². The number of aromatic nitrogens is 2. The highest BCUT2D eigenvalue weighted by molar-refractivity contribution is 6.18. The summed E-state index contributed by atoms with van der Waals surface area (Å²) in [7, 11) is 2.94. The van der Waals surface area contributed by atoms with Crippen LogP contribution in [0.15, 0.2) is 77.6 Å². The number of esters is 1. The number of carbonyl (C=O) groups is 4. The van der Waals surface area contributed by atoms with Gasteiger partial charge in [-0.15, -0.1) is 0 Å². The standard InChI is InChI=1S/C47H61N3O9/c1-6-7-8-9-10-11-12-13-14-15-16-17-18-22-30-57-46(55)36-28-29-39(58-33(2)3)38(32-36)48-44(52)43(59-37-27-23-26-35(31-37)45(53)54)42(51)41-40(34-24-20-19-21-25-34)49(4)47(56)50(41)5/h19-21,23-29,31-33,43H,6-18,22,30H2,1-5H3,(H,48,52)(H,53,54). The number of nitrogens with one attached hydrogen (secondary N) is 1. The average Bonchev–Trinajstić information content (AvgIpc) is 3.45. The summed E-state index contributed by atoms with van der Waals surface area (Å²) >= 11 is 0. The molecule has 59 heavy (non-hydrogen) atoms. The van der Waals surface area contributed by atoms with Crippen LogP contribution >= 0.6 is 0 Å². The van der Waals surface area contributed by atoms with E-state index < -0.39 is 35.4 Å². The second-order valence-electron chi connectivity index (χ2n) is 15.3. The third kappa shape index (κ3) is 13.7. The van der Waals surface area contributed by atoms with Crippen molar-refractivity contribution in [1.82, 2.24) is 9.13 Å². The molecule has 1 unspecified atom stereocenters. The zero-order chi connectivity index (χ0) is 42.7. The normalized spacial score (nSPS) is 11.6. The zero-order valence-corrected chi connectivity index (χ0v) is 35.3. The van der Waals surface area contributed by atoms with E-state index in [1.165, 1.54) is 113 Å². The monoisotopic (exact) mass is 811 g/mol. The van der Waals surface area contributed by atoms with Gasteiger partial charge in [0.15, 0.2) is 0 Å². The minimum Gasteiger partial charge on any atom is -0.489 e. The Bertz CT molecular complexity index is 2050. The number of hydrogen-bond acceptors (Lipinski definition) is 8. The number of aromatic carboxylic acids is 1. The number of carbonyl (C=O) groups excluding carboxylic acids is 3. The van der Waals surface area contributed by atoms with Gasteiger partial charge in [0.25, 0.3) is 5.91 Å². The lowest BCUT2D eigenvalue weighted by atomic mass is 10.0. The summed E-state index contributed by atoms with van der Waals surface area (Å²) in [5.74, 6) is -3.46. The van der Waals surface area contributed by atoms with Crippen LogP contribution in [-0.4, -0.2) is 56.7 Å². The van der Waals surface area contributed by atoms with Crippen LogP contribution in [0.5, 0.6) is 11.5 Å². The van der Waals surface area contributed by atoms with Crippen LogP contribution < -0.4 is 20.5 Å². The molecule has 1 amide bonds. The van der Waals surface area contributed by atoms with Gasteiger partial charge in [-0.1, -0.05) is 127 Å². The van der Waals surface area contributed by atoms with Crippen molar-refractivity contribution in [3.05, 3.63) is 100 Å². The number of Topliss-reactive ketones (excluding diaryl/α,β-unsaturated/α-hetero) is 1. The molecule has 12 nitrogen and oxygen atoms in total. The van der Waals surface area contributed by atoms with E-state index in [9.17, 15) is 29.1 Å². The van der Waals surface area contributed by atoms with Crippen LogP contribution in [0.1, 0.15) is 142 Å². The van der Waals surface area contributed by atoms with Crippen molar-refractivity contribution in [3.63, 3.8) is 0 Å². The molecule has 0 aliphatic heterocycles. The molecule has 1 atom stereocenters. The number of ether oxygens (including phenoxy) is 3. The molecule has 1 aromatic heterocycles. The van der Waals surface area contributed by atoms with E-state index in [0.717, 1.165) is 30.3 Å². The van der Waals surface area contributed by atoms with Crippen molar-refractivity contribution in [1.29, 1.82) is 0 Å². The Balaban J connectivity index is 1.47. The number of rotatable bonds is 26. The summed E-state index contributed by atoms with van der Waals surface area (Å²) in [5.41, 5.74) is 0.327. The molecule has 1 heterocycles. The molecule has 0 aliphatic carbocycles. The molecule has 0 fully saturated rings. The lowest BCUT2D eigenvalue weighted by Gasteiger charge is -2.21. The minimum absolute atomic E-state index is 0.0694. The molecule has 0 bridgehead atoms. The minimum atomic E-state index is -1.92. The van der Waals surface area contributed by atoms with Gasteiger partial charge in [0.1, 0.15) is 17.2 Å². The van der Waals surface area contributed by atoms with Gasteiger partial charge in [0.2, 0.25) is 11.9 Å². The summed E-state index contributed by atoms with van der Waals surface area (Å²) in [4.78, 5) is 67.1. The predicted octanol–water partition coefficient (Wildman–Crippen LogP) is 9.78. The topological polar surface area (TPSA) is 155 Å². The third-order valence-corrected chi connectivity index (χ3v) is 10.1. The fourth-order valence-corrected chi connectivity index (χ4v) is 6.99. The Morgan fingerprint density at radius 1 is 0.695 bits per heavy atom. The molecule has 4 aromatic rings. The fraction of sp³-hybridized carbons (Fsp3) is 0.468. The number of imidazole rings is 1. The number of hydrogen-bond donors (Lipinski definition) is 2. The number of nitrogens with zero attached hydrogens (tertiary/aromatic N) is 2. The van der Waals surface area contributed by atoms with Gasteiger partial charge in [-0.3, -0.25) is 18.7 Å². The molecule has 0 saturated heterocycles. The SMILES string of the molecule is CCCCCCCCCCCCCCCCOC(=O)c1ccc(OC(C)C)c(NC(=O)C(Oc2cccc(C(=O)O)c2)C(=O)c2c(-c3ccccc3)n(C)c(=O)n2C)c1. The molecular weight excluding hydrogens is 751 g/mol. The summed E-state index contributed by atoms with van der Waals surface area (Å²) in [6, 6.07) is 18.7. The van der Waals surface area contributed by atoms with Crippen LogP contribution in [-0.2, 0) is 23.6 Å². The largest absolute Gasteiger partial charge is 0.489 e. The van der Waals surface area contributed by atoms with E-state index >= 15 is 0 Å². The fourth-order valence-electron chi connectivity index (χ4n) is 6.99. The molecule has 3 aromatic carbocycles. The van der Waals surface area contributed by atoms with Gasteiger partial charge >= 0.3 is 17.6 Å². The van der Waals surface area contributed by atoms with Crippen molar-refractivity contribution in [3.8, 4) is 22.8 Å². The highest BCUT2D eigenvalue weighted by atomic mass is 16.5. The van der Waals surface area contributed by atoms with Crippen LogP contribution in [0.3, 0.4) is 0 Å². The third-order valence-electron chi connectivity index (χ3n) is 10.1. The first-order chi connectivity index (χ1) is 28.4. The smallest absolute Gasteiger partial charge is 0.338 e. The Kier molecular flexibility index (Phi) is 18.5. The van der Waals surface area contributed by atoms with E-state index in [-0.39, 0.29) is 52.4 Å². The van der Waals surface area contributed by atoms with Crippen LogP contribution in [0.4, 0.5) is 5.69 Å². The molecule has 0 radical (unpaired) electrons. The van der Waals surface area contributed by atoms with Gasteiger partial charge in [0.05, 0.1) is 35.2 Å². The van der Waals surface area contributed by atoms with Crippen LogP contribution in [0.2, 0.25) is 0 Å². The summed E-state index contributed by atoms with van der Waals surface area (Å²) in [5, 5.41) is 12.3. The lowest BCUT2D eigenvalue weighted by molar-refractivity contribution is -0.121. The van der Waals surface area contributed by atoms with Crippen molar-refractivity contribution >= 4 is 29.3 Å².